The first kappa shape index (κ1) is 22.0. The number of benzene rings is 1. The lowest BCUT2D eigenvalue weighted by atomic mass is 10.1. The van der Waals surface area contributed by atoms with Gasteiger partial charge in [0.05, 0.1) is 23.3 Å². The van der Waals surface area contributed by atoms with Crippen molar-refractivity contribution in [1.29, 1.82) is 0 Å². The van der Waals surface area contributed by atoms with Gasteiger partial charge in [-0.3, -0.25) is 4.79 Å². The normalized spacial score (nSPS) is 15.3. The second kappa shape index (κ2) is 10.4. The predicted molar refractivity (Wildman–Crippen MR) is 109 cm³/mol. The van der Waals surface area contributed by atoms with E-state index in [1.54, 1.807) is 17.0 Å². The lowest BCUT2D eigenvalue weighted by Crippen LogP contribution is -2.36. The summed E-state index contributed by atoms with van der Waals surface area (Å²) in [6.07, 6.45) is 6.79. The number of furan rings is 1. The number of carbonyl (C=O) groups is 2. The number of sulfonamides is 1. The first-order chi connectivity index (χ1) is 14.5. The van der Waals surface area contributed by atoms with E-state index in [2.05, 4.69) is 4.72 Å². The SMILES string of the molecule is O=C(OCC(=O)N1CCCCCCC1)c1ccc(S(=O)(=O)NCc2ccco2)cc1. The van der Waals surface area contributed by atoms with Crippen LogP contribution in [0.3, 0.4) is 0 Å². The minimum absolute atomic E-state index is 0.0160. The highest BCUT2D eigenvalue weighted by Crippen LogP contribution is 2.14. The topological polar surface area (TPSA) is 106 Å². The van der Waals surface area contributed by atoms with Gasteiger partial charge in [0.15, 0.2) is 6.61 Å². The largest absolute Gasteiger partial charge is 0.468 e. The molecule has 3 rings (SSSR count). The fourth-order valence-corrected chi connectivity index (χ4v) is 4.22. The molecule has 1 aromatic heterocycles. The van der Waals surface area contributed by atoms with Gasteiger partial charge >= 0.3 is 5.97 Å². The van der Waals surface area contributed by atoms with Crippen LogP contribution in [0.2, 0.25) is 0 Å². The summed E-state index contributed by atoms with van der Waals surface area (Å²) in [5.41, 5.74) is 0.181. The summed E-state index contributed by atoms with van der Waals surface area (Å²) in [6, 6.07) is 8.70. The molecule has 162 valence electrons. The number of nitrogens with zero attached hydrogens (tertiary/aromatic N) is 1. The average molecular weight is 435 g/mol. The molecule has 1 aromatic carbocycles. The van der Waals surface area contributed by atoms with Crippen molar-refractivity contribution in [2.45, 2.75) is 43.5 Å². The Balaban J connectivity index is 1.52. The first-order valence-corrected chi connectivity index (χ1v) is 11.5. The van der Waals surface area contributed by atoms with E-state index in [0.29, 0.717) is 18.8 Å². The van der Waals surface area contributed by atoms with E-state index in [9.17, 15) is 18.0 Å². The van der Waals surface area contributed by atoms with Crippen LogP contribution in [-0.2, 0) is 26.1 Å². The highest BCUT2D eigenvalue weighted by Gasteiger charge is 2.19. The third-order valence-corrected chi connectivity index (χ3v) is 6.37. The zero-order valence-electron chi connectivity index (χ0n) is 16.7. The van der Waals surface area contributed by atoms with Gasteiger partial charge in [-0.2, -0.15) is 0 Å². The Hall–Kier alpha value is -2.65. The van der Waals surface area contributed by atoms with Gasteiger partial charge in [-0.15, -0.1) is 0 Å². The molecule has 8 nitrogen and oxygen atoms in total. The van der Waals surface area contributed by atoms with Gasteiger partial charge in [0.2, 0.25) is 10.0 Å². The Labute approximate surface area is 176 Å². The summed E-state index contributed by atoms with van der Waals surface area (Å²) in [5.74, 6) is -0.377. The van der Waals surface area contributed by atoms with Crippen LogP contribution in [0.5, 0.6) is 0 Å². The van der Waals surface area contributed by atoms with E-state index in [-0.39, 0.29) is 29.5 Å². The van der Waals surface area contributed by atoms with E-state index < -0.39 is 16.0 Å². The Morgan fingerprint density at radius 3 is 2.30 bits per heavy atom. The summed E-state index contributed by atoms with van der Waals surface area (Å²) in [5, 5.41) is 0. The van der Waals surface area contributed by atoms with Crippen molar-refractivity contribution in [3.8, 4) is 0 Å². The third-order valence-electron chi connectivity index (χ3n) is 4.95. The van der Waals surface area contributed by atoms with Crippen molar-refractivity contribution < 1.29 is 27.2 Å². The van der Waals surface area contributed by atoms with Crippen LogP contribution in [-0.4, -0.2) is 44.9 Å². The minimum atomic E-state index is -3.75. The van der Waals surface area contributed by atoms with Crippen LogP contribution >= 0.6 is 0 Å². The van der Waals surface area contributed by atoms with E-state index in [0.717, 1.165) is 25.7 Å². The maximum Gasteiger partial charge on any atom is 0.338 e. The molecule has 2 heterocycles. The van der Waals surface area contributed by atoms with Gasteiger partial charge in [0.25, 0.3) is 5.91 Å². The molecule has 0 aliphatic carbocycles. The average Bonchev–Trinajstić information content (AvgIpc) is 3.24. The van der Waals surface area contributed by atoms with E-state index in [1.165, 1.54) is 36.9 Å². The molecular weight excluding hydrogens is 408 g/mol. The number of likely N-dealkylation sites (tertiary alicyclic amines) is 1. The smallest absolute Gasteiger partial charge is 0.338 e. The number of ether oxygens (including phenoxy) is 1. The molecule has 9 heteroatoms. The third kappa shape index (κ3) is 6.17. The molecular formula is C21H26N2O6S. The van der Waals surface area contributed by atoms with E-state index in [4.69, 9.17) is 9.15 Å². The Morgan fingerprint density at radius 2 is 1.67 bits per heavy atom. The van der Waals surface area contributed by atoms with Crippen molar-refractivity contribution in [3.63, 3.8) is 0 Å². The highest BCUT2D eigenvalue weighted by atomic mass is 32.2. The van der Waals surface area contributed by atoms with Crippen LogP contribution in [0.15, 0.2) is 52.0 Å². The van der Waals surface area contributed by atoms with Gasteiger partial charge in [0.1, 0.15) is 5.76 Å². The van der Waals surface area contributed by atoms with Crippen molar-refractivity contribution in [2.24, 2.45) is 0 Å². The van der Waals surface area contributed by atoms with Crippen LogP contribution in [0, 0.1) is 0 Å². The fourth-order valence-electron chi connectivity index (χ4n) is 3.23. The summed E-state index contributed by atoms with van der Waals surface area (Å²) in [7, 11) is -3.75. The molecule has 0 atom stereocenters. The van der Waals surface area contributed by atoms with Crippen molar-refractivity contribution in [1.82, 2.24) is 9.62 Å². The lowest BCUT2D eigenvalue weighted by molar-refractivity contribution is -0.134. The van der Waals surface area contributed by atoms with Crippen LogP contribution in [0.1, 0.15) is 48.2 Å². The molecule has 1 aliphatic rings. The number of esters is 1. The number of hydrogen-bond acceptors (Lipinski definition) is 6. The molecule has 0 bridgehead atoms. The molecule has 0 radical (unpaired) electrons. The molecule has 2 aromatic rings. The zero-order chi connectivity index (χ0) is 21.4. The van der Waals surface area contributed by atoms with Crippen molar-refractivity contribution >= 4 is 21.9 Å². The van der Waals surface area contributed by atoms with Gasteiger partial charge in [0, 0.05) is 13.1 Å². The van der Waals surface area contributed by atoms with Crippen LogP contribution in [0.4, 0.5) is 0 Å². The fraction of sp³-hybridized carbons (Fsp3) is 0.429. The van der Waals surface area contributed by atoms with Gasteiger partial charge < -0.3 is 14.1 Å². The summed E-state index contributed by atoms with van der Waals surface area (Å²) in [6.45, 7) is 1.09. The molecule has 30 heavy (non-hydrogen) atoms. The summed E-state index contributed by atoms with van der Waals surface area (Å²) < 4.78 is 37.3. The van der Waals surface area contributed by atoms with Crippen molar-refractivity contribution in [3.05, 3.63) is 54.0 Å². The lowest BCUT2D eigenvalue weighted by Gasteiger charge is -2.24. The standard InChI is InChI=1S/C21H26N2O6S/c24-20(23-12-4-2-1-3-5-13-23)16-29-21(25)17-8-10-19(11-9-17)30(26,27)22-15-18-7-6-14-28-18/h6-11,14,22H,1-5,12-13,15-16H2. The summed E-state index contributed by atoms with van der Waals surface area (Å²) >= 11 is 0. The summed E-state index contributed by atoms with van der Waals surface area (Å²) in [4.78, 5) is 26.3. The Bertz CT molecular complexity index is 930. The zero-order valence-corrected chi connectivity index (χ0v) is 17.5. The number of amides is 1. The minimum Gasteiger partial charge on any atom is -0.468 e. The molecule has 1 aliphatic heterocycles. The Kier molecular flexibility index (Phi) is 7.64. The van der Waals surface area contributed by atoms with Gasteiger partial charge in [-0.1, -0.05) is 19.3 Å². The maximum absolute atomic E-state index is 12.3. The number of hydrogen-bond donors (Lipinski definition) is 1. The van der Waals surface area contributed by atoms with E-state index in [1.807, 2.05) is 0 Å². The van der Waals surface area contributed by atoms with Crippen LogP contribution in [0.25, 0.3) is 0 Å². The first-order valence-electron chi connectivity index (χ1n) is 10.0. The van der Waals surface area contributed by atoms with Gasteiger partial charge in [-0.05, 0) is 49.2 Å². The molecule has 1 fully saturated rings. The molecule has 0 unspecified atom stereocenters. The molecule has 0 saturated carbocycles. The van der Waals surface area contributed by atoms with Crippen molar-refractivity contribution in [2.75, 3.05) is 19.7 Å². The Morgan fingerprint density at radius 1 is 1.00 bits per heavy atom. The maximum atomic E-state index is 12.3. The molecule has 1 N–H and O–H groups in total. The molecule has 1 saturated heterocycles. The molecule has 1 amide bonds. The van der Waals surface area contributed by atoms with Crippen LogP contribution < -0.4 is 4.72 Å². The van der Waals surface area contributed by atoms with Gasteiger partial charge in [-0.25, -0.2) is 17.9 Å². The predicted octanol–water partition coefficient (Wildman–Crippen LogP) is 2.71. The number of nitrogens with one attached hydrogen (secondary N) is 1. The highest BCUT2D eigenvalue weighted by molar-refractivity contribution is 7.89. The quantitative estimate of drug-likeness (QED) is 0.672. The number of rotatable bonds is 7. The second-order valence-electron chi connectivity index (χ2n) is 7.15. The van der Waals surface area contributed by atoms with E-state index >= 15 is 0 Å². The molecule has 0 spiro atoms. The second-order valence-corrected chi connectivity index (χ2v) is 8.92. The number of carbonyl (C=O) groups excluding carboxylic acids is 2. The monoisotopic (exact) mass is 434 g/mol.